The van der Waals surface area contributed by atoms with Crippen LogP contribution in [0, 0.1) is 0 Å². The third-order valence-corrected chi connectivity index (χ3v) is 3.51. The minimum Gasteiger partial charge on any atom is -0.478 e. The zero-order valence-corrected chi connectivity index (χ0v) is 15.6. The van der Waals surface area contributed by atoms with Crippen LogP contribution >= 0.6 is 11.6 Å². The number of hydrazone groups is 1. The Bertz CT molecular complexity index is 814. The number of carbonyl (C=O) groups excluding carboxylic acids is 1. The lowest BCUT2D eigenvalue weighted by Gasteiger charge is -2.21. The first-order valence-electron chi connectivity index (χ1n) is 7.68. The molecule has 0 atom stereocenters. The van der Waals surface area contributed by atoms with Gasteiger partial charge in [0, 0.05) is 16.1 Å². The summed E-state index contributed by atoms with van der Waals surface area (Å²) >= 11 is 5.79. The molecule has 0 radical (unpaired) electrons. The summed E-state index contributed by atoms with van der Waals surface area (Å²) < 4.78 is 5.39. The van der Waals surface area contributed by atoms with Gasteiger partial charge in [0.2, 0.25) is 5.96 Å². The number of hydrogen-bond acceptors (Lipinski definition) is 5. The molecule has 0 aromatic heterocycles. The Balaban J connectivity index is 0.000000646. The fraction of sp³-hybridized carbons (Fsp3) is 0.167. The van der Waals surface area contributed by atoms with Crippen LogP contribution in [-0.2, 0) is 4.79 Å². The Morgan fingerprint density at radius 2 is 1.41 bits per heavy atom. The molecule has 144 valence electrons. The number of carboxylic acids is 1. The van der Waals surface area contributed by atoms with Gasteiger partial charge in [-0.05, 0) is 62.4 Å². The van der Waals surface area contributed by atoms with Gasteiger partial charge >= 0.3 is 5.97 Å². The summed E-state index contributed by atoms with van der Waals surface area (Å²) in [4.78, 5) is 23.3. The molecule has 0 bridgehead atoms. The van der Waals surface area contributed by atoms with Gasteiger partial charge in [0.1, 0.15) is 5.75 Å². The number of guanidine groups is 1. The Kier molecular flexibility index (Phi) is 7.62. The number of rotatable bonds is 5. The number of nitrogens with zero attached hydrogens (tertiary/aromatic N) is 1. The predicted octanol–water partition coefficient (Wildman–Crippen LogP) is 1.95. The van der Waals surface area contributed by atoms with Crippen LogP contribution in [0.15, 0.2) is 53.6 Å². The highest BCUT2D eigenvalue weighted by molar-refractivity contribution is 6.30. The van der Waals surface area contributed by atoms with E-state index in [4.69, 9.17) is 32.9 Å². The summed E-state index contributed by atoms with van der Waals surface area (Å²) in [5.74, 6) is 3.61. The van der Waals surface area contributed by atoms with Crippen molar-refractivity contribution in [2.45, 2.75) is 19.4 Å². The standard InChI is InChI=1S/C17H15ClO4.CH6N4/c1-17(2,16(20)21)22-14-9-5-12(6-10-14)15(19)11-3-7-13(18)8-4-11;2-1(3)5-4/h3-10H,1-2H3,(H,20,21);4H2,(H4,2,3,5). The quantitative estimate of drug-likeness (QED) is 0.199. The number of ether oxygens (including phenoxy) is 1. The maximum absolute atomic E-state index is 12.3. The molecule has 0 saturated carbocycles. The SMILES string of the molecule is CC(C)(Oc1ccc(C(=O)c2ccc(Cl)cc2)cc1)C(=O)O.NN=C(N)N. The first-order chi connectivity index (χ1) is 12.6. The largest absolute Gasteiger partial charge is 0.478 e. The van der Waals surface area contributed by atoms with Crippen LogP contribution in [0.4, 0.5) is 0 Å². The summed E-state index contributed by atoms with van der Waals surface area (Å²) in [5.41, 5.74) is 9.08. The van der Waals surface area contributed by atoms with Gasteiger partial charge in [0.25, 0.3) is 0 Å². The van der Waals surface area contributed by atoms with Crippen LogP contribution in [0.1, 0.15) is 29.8 Å². The zero-order valence-electron chi connectivity index (χ0n) is 14.8. The molecule has 2 rings (SSSR count). The van der Waals surface area contributed by atoms with Crippen molar-refractivity contribution in [2.75, 3.05) is 0 Å². The molecule has 0 saturated heterocycles. The van der Waals surface area contributed by atoms with Crippen LogP contribution in [0.2, 0.25) is 5.02 Å². The smallest absolute Gasteiger partial charge is 0.347 e. The fourth-order valence-electron chi connectivity index (χ4n) is 1.78. The summed E-state index contributed by atoms with van der Waals surface area (Å²) in [6.07, 6.45) is 0. The van der Waals surface area contributed by atoms with Gasteiger partial charge < -0.3 is 27.2 Å². The van der Waals surface area contributed by atoms with Crippen molar-refractivity contribution in [3.63, 3.8) is 0 Å². The van der Waals surface area contributed by atoms with E-state index >= 15 is 0 Å². The van der Waals surface area contributed by atoms with Gasteiger partial charge in [-0.1, -0.05) is 11.6 Å². The van der Waals surface area contributed by atoms with Crippen molar-refractivity contribution in [1.82, 2.24) is 0 Å². The third-order valence-electron chi connectivity index (χ3n) is 3.26. The molecule has 0 aliphatic heterocycles. The van der Waals surface area contributed by atoms with E-state index in [-0.39, 0.29) is 11.7 Å². The summed E-state index contributed by atoms with van der Waals surface area (Å²) in [6, 6.07) is 13.0. The number of benzene rings is 2. The molecule has 9 heteroatoms. The molecule has 27 heavy (non-hydrogen) atoms. The van der Waals surface area contributed by atoms with Crippen molar-refractivity contribution < 1.29 is 19.4 Å². The Hall–Kier alpha value is -3.26. The van der Waals surface area contributed by atoms with Crippen LogP contribution in [0.5, 0.6) is 5.75 Å². The van der Waals surface area contributed by atoms with Crippen LogP contribution < -0.4 is 22.0 Å². The molecular formula is C18H21ClN4O4. The summed E-state index contributed by atoms with van der Waals surface area (Å²) in [5, 5.41) is 12.5. The lowest BCUT2D eigenvalue weighted by atomic mass is 10.0. The van der Waals surface area contributed by atoms with Crippen molar-refractivity contribution in [2.24, 2.45) is 22.4 Å². The molecular weight excluding hydrogens is 372 g/mol. The minimum absolute atomic E-state index is 0.0926. The maximum Gasteiger partial charge on any atom is 0.347 e. The number of carbonyl (C=O) groups is 2. The maximum atomic E-state index is 12.3. The van der Waals surface area contributed by atoms with E-state index in [0.29, 0.717) is 21.9 Å². The van der Waals surface area contributed by atoms with Gasteiger partial charge in [0.15, 0.2) is 11.4 Å². The second-order valence-electron chi connectivity index (χ2n) is 5.83. The molecule has 0 aliphatic carbocycles. The molecule has 2 aromatic rings. The van der Waals surface area contributed by atoms with Crippen molar-refractivity contribution in [3.05, 3.63) is 64.7 Å². The van der Waals surface area contributed by atoms with E-state index in [1.807, 2.05) is 0 Å². The predicted molar refractivity (Wildman–Crippen MR) is 104 cm³/mol. The van der Waals surface area contributed by atoms with E-state index in [1.54, 1.807) is 48.5 Å². The monoisotopic (exact) mass is 392 g/mol. The van der Waals surface area contributed by atoms with Gasteiger partial charge in [-0.25, -0.2) is 4.79 Å². The molecule has 0 unspecified atom stereocenters. The highest BCUT2D eigenvalue weighted by atomic mass is 35.5. The van der Waals surface area contributed by atoms with E-state index in [9.17, 15) is 9.59 Å². The van der Waals surface area contributed by atoms with Gasteiger partial charge in [-0.15, -0.1) is 5.10 Å². The Morgan fingerprint density at radius 3 is 1.78 bits per heavy atom. The number of hydrogen-bond donors (Lipinski definition) is 4. The first-order valence-corrected chi connectivity index (χ1v) is 8.06. The average molecular weight is 393 g/mol. The van der Waals surface area contributed by atoms with Crippen LogP contribution in [0.3, 0.4) is 0 Å². The highest BCUT2D eigenvalue weighted by Gasteiger charge is 2.29. The number of aliphatic carboxylic acids is 1. The second-order valence-corrected chi connectivity index (χ2v) is 6.27. The van der Waals surface area contributed by atoms with Crippen molar-refractivity contribution in [1.29, 1.82) is 0 Å². The van der Waals surface area contributed by atoms with E-state index < -0.39 is 11.6 Å². The van der Waals surface area contributed by atoms with Crippen LogP contribution in [0.25, 0.3) is 0 Å². The average Bonchev–Trinajstić information content (AvgIpc) is 2.62. The lowest BCUT2D eigenvalue weighted by Crippen LogP contribution is -2.37. The third kappa shape index (κ3) is 6.87. The molecule has 7 N–H and O–H groups in total. The molecule has 8 nitrogen and oxygen atoms in total. The molecule has 0 aliphatic rings. The number of nitrogens with two attached hydrogens (primary N) is 3. The summed E-state index contributed by atoms with van der Waals surface area (Å²) in [7, 11) is 0. The summed E-state index contributed by atoms with van der Waals surface area (Å²) in [6.45, 7) is 2.92. The molecule has 0 amide bonds. The fourth-order valence-corrected chi connectivity index (χ4v) is 1.91. The van der Waals surface area contributed by atoms with Crippen LogP contribution in [-0.4, -0.2) is 28.4 Å². The Labute approximate surface area is 161 Å². The minimum atomic E-state index is -1.33. The topological polar surface area (TPSA) is 154 Å². The first kappa shape index (κ1) is 21.8. The lowest BCUT2D eigenvalue weighted by molar-refractivity contribution is -0.152. The van der Waals surface area contributed by atoms with E-state index in [2.05, 4.69) is 10.9 Å². The molecule has 2 aromatic carbocycles. The normalized spacial score (nSPS) is 10.2. The number of carboxylic acid groups (broad SMARTS) is 1. The highest BCUT2D eigenvalue weighted by Crippen LogP contribution is 2.21. The van der Waals surface area contributed by atoms with E-state index in [0.717, 1.165) is 0 Å². The Morgan fingerprint density at radius 1 is 1.00 bits per heavy atom. The number of halogens is 1. The second kappa shape index (κ2) is 9.44. The molecule has 0 fully saturated rings. The van der Waals surface area contributed by atoms with Crippen molar-refractivity contribution in [3.8, 4) is 5.75 Å². The van der Waals surface area contributed by atoms with E-state index in [1.165, 1.54) is 13.8 Å². The molecule has 0 spiro atoms. The van der Waals surface area contributed by atoms with Gasteiger partial charge in [0.05, 0.1) is 0 Å². The van der Waals surface area contributed by atoms with Crippen molar-refractivity contribution >= 4 is 29.3 Å². The van der Waals surface area contributed by atoms with Gasteiger partial charge in [-0.2, -0.15) is 0 Å². The number of ketones is 1. The van der Waals surface area contributed by atoms with Gasteiger partial charge in [-0.3, -0.25) is 4.79 Å². The zero-order chi connectivity index (χ0) is 20.6. The molecule has 0 heterocycles.